The van der Waals surface area contributed by atoms with Gasteiger partial charge in [-0.2, -0.15) is 0 Å². The van der Waals surface area contributed by atoms with Gasteiger partial charge in [0.25, 0.3) is 0 Å². The maximum absolute atomic E-state index is 11.5. The van der Waals surface area contributed by atoms with E-state index in [1.54, 1.807) is 0 Å². The molecule has 0 atom stereocenters. The van der Waals surface area contributed by atoms with E-state index in [9.17, 15) is 9.59 Å². The summed E-state index contributed by atoms with van der Waals surface area (Å²) in [4.78, 5) is 22.4. The first-order chi connectivity index (χ1) is 8.80. The number of halogens is 1. The smallest absolute Gasteiger partial charge is 0.407 e. The third-order valence-electron chi connectivity index (χ3n) is 2.95. The third kappa shape index (κ3) is 6.66. The van der Waals surface area contributed by atoms with Crippen LogP contribution in [-0.4, -0.2) is 36.1 Å². The van der Waals surface area contributed by atoms with Crippen LogP contribution in [0.3, 0.4) is 0 Å². The predicted octanol–water partition coefficient (Wildman–Crippen LogP) is 2.03. The topological polar surface area (TPSA) is 67.4 Å². The zero-order valence-electron chi connectivity index (χ0n) is 11.8. The van der Waals surface area contributed by atoms with Crippen molar-refractivity contribution in [1.82, 2.24) is 10.6 Å². The van der Waals surface area contributed by atoms with E-state index in [1.807, 2.05) is 20.8 Å². The Labute approximate surface area is 119 Å². The van der Waals surface area contributed by atoms with Crippen LogP contribution in [0.15, 0.2) is 0 Å². The molecule has 2 amide bonds. The van der Waals surface area contributed by atoms with Crippen LogP contribution in [0.5, 0.6) is 0 Å². The molecule has 110 valence electrons. The molecule has 5 nitrogen and oxygen atoms in total. The Morgan fingerprint density at radius 3 is 2.47 bits per heavy atom. The molecule has 0 heterocycles. The molecule has 0 aromatic carbocycles. The summed E-state index contributed by atoms with van der Waals surface area (Å²) in [5.74, 6) is 0.424. The Bertz CT molecular complexity index is 322. The number of nitrogens with one attached hydrogen (secondary N) is 2. The van der Waals surface area contributed by atoms with Crippen molar-refractivity contribution in [2.75, 3.05) is 12.4 Å². The highest BCUT2D eigenvalue weighted by Crippen LogP contribution is 2.30. The van der Waals surface area contributed by atoms with Crippen LogP contribution in [0.1, 0.15) is 40.0 Å². The van der Waals surface area contributed by atoms with Crippen LogP contribution in [-0.2, 0) is 9.53 Å². The molecule has 0 unspecified atom stereocenters. The van der Waals surface area contributed by atoms with Crippen LogP contribution in [0, 0.1) is 5.92 Å². The molecule has 1 aliphatic rings. The molecule has 6 heteroatoms. The van der Waals surface area contributed by atoms with Crippen molar-refractivity contribution in [2.24, 2.45) is 5.92 Å². The molecule has 0 saturated heterocycles. The van der Waals surface area contributed by atoms with Gasteiger partial charge in [0, 0.05) is 12.6 Å². The molecule has 0 aromatic heterocycles. The second-order valence-electron chi connectivity index (χ2n) is 5.95. The number of ether oxygens (including phenoxy) is 1. The number of hydrogen-bond acceptors (Lipinski definition) is 3. The van der Waals surface area contributed by atoms with E-state index >= 15 is 0 Å². The van der Waals surface area contributed by atoms with E-state index in [4.69, 9.17) is 16.3 Å². The number of carbonyl (C=O) groups excluding carboxylic acids is 2. The minimum Gasteiger partial charge on any atom is -0.444 e. The number of alkyl halides is 1. The first kappa shape index (κ1) is 16.1. The van der Waals surface area contributed by atoms with E-state index in [0.29, 0.717) is 12.5 Å². The minimum atomic E-state index is -0.459. The summed E-state index contributed by atoms with van der Waals surface area (Å²) in [6.45, 7) is 6.18. The van der Waals surface area contributed by atoms with Gasteiger partial charge in [-0.1, -0.05) is 0 Å². The zero-order valence-corrected chi connectivity index (χ0v) is 12.5. The van der Waals surface area contributed by atoms with Gasteiger partial charge >= 0.3 is 6.09 Å². The minimum absolute atomic E-state index is 0.00743. The molecule has 1 fully saturated rings. The number of amides is 2. The molecule has 0 bridgehead atoms. The van der Waals surface area contributed by atoms with Crippen LogP contribution < -0.4 is 10.6 Å². The van der Waals surface area contributed by atoms with Crippen molar-refractivity contribution in [3.05, 3.63) is 0 Å². The molecule has 0 spiro atoms. The van der Waals surface area contributed by atoms with Gasteiger partial charge in [-0.3, -0.25) is 4.79 Å². The van der Waals surface area contributed by atoms with E-state index < -0.39 is 5.60 Å². The molecule has 0 radical (unpaired) electrons. The molecule has 0 aliphatic heterocycles. The van der Waals surface area contributed by atoms with Crippen molar-refractivity contribution < 1.29 is 14.3 Å². The summed E-state index contributed by atoms with van der Waals surface area (Å²) in [7, 11) is 0. The van der Waals surface area contributed by atoms with E-state index in [1.165, 1.54) is 0 Å². The lowest BCUT2D eigenvalue weighted by atomic mass is 9.78. The van der Waals surface area contributed by atoms with E-state index in [0.717, 1.165) is 19.3 Å². The van der Waals surface area contributed by atoms with Gasteiger partial charge in [-0.15, -0.1) is 11.6 Å². The van der Waals surface area contributed by atoms with Crippen molar-refractivity contribution in [3.8, 4) is 0 Å². The fraction of sp³-hybridized carbons (Fsp3) is 0.846. The molecular formula is C13H23ClN2O3. The fourth-order valence-corrected chi connectivity index (χ4v) is 2.12. The number of alkyl carbamates (subject to hydrolysis) is 1. The summed E-state index contributed by atoms with van der Waals surface area (Å²) in [6, 6.07) is 0.198. The van der Waals surface area contributed by atoms with Crippen molar-refractivity contribution >= 4 is 23.6 Å². The largest absolute Gasteiger partial charge is 0.444 e. The van der Waals surface area contributed by atoms with Gasteiger partial charge in [0.05, 0.1) is 0 Å². The SMILES string of the molecule is CC(C)(C)OC(=O)NC1CC(CCNC(=O)CCl)C1. The summed E-state index contributed by atoms with van der Waals surface area (Å²) >= 11 is 5.37. The Balaban J connectivity index is 2.07. The Hall–Kier alpha value is -0.970. The van der Waals surface area contributed by atoms with E-state index in [2.05, 4.69) is 10.6 Å². The van der Waals surface area contributed by atoms with E-state index in [-0.39, 0.29) is 23.9 Å². The first-order valence-corrected chi connectivity index (χ1v) is 7.16. The first-order valence-electron chi connectivity index (χ1n) is 6.62. The second-order valence-corrected chi connectivity index (χ2v) is 6.22. The summed E-state index contributed by atoms with van der Waals surface area (Å²) in [5.41, 5.74) is -0.459. The van der Waals surface area contributed by atoms with Gasteiger partial charge in [0.1, 0.15) is 11.5 Å². The van der Waals surface area contributed by atoms with Gasteiger partial charge in [-0.05, 0) is 46.0 Å². The average Bonchev–Trinajstić information content (AvgIpc) is 2.22. The van der Waals surface area contributed by atoms with Gasteiger partial charge in [0.2, 0.25) is 5.91 Å². The highest BCUT2D eigenvalue weighted by Gasteiger charge is 2.31. The second kappa shape index (κ2) is 6.98. The molecule has 1 rings (SSSR count). The molecule has 2 N–H and O–H groups in total. The monoisotopic (exact) mass is 290 g/mol. The maximum atomic E-state index is 11.5. The van der Waals surface area contributed by atoms with Gasteiger partial charge < -0.3 is 15.4 Å². The Kier molecular flexibility index (Phi) is 5.91. The van der Waals surface area contributed by atoms with Crippen LogP contribution in [0.25, 0.3) is 0 Å². The van der Waals surface area contributed by atoms with Crippen LogP contribution in [0.2, 0.25) is 0 Å². The highest BCUT2D eigenvalue weighted by atomic mass is 35.5. The lowest BCUT2D eigenvalue weighted by Gasteiger charge is -2.36. The molecule has 0 aromatic rings. The van der Waals surface area contributed by atoms with Crippen LogP contribution in [0.4, 0.5) is 4.79 Å². The predicted molar refractivity (Wildman–Crippen MR) is 74.2 cm³/mol. The lowest BCUT2D eigenvalue weighted by Crippen LogP contribution is -2.46. The number of rotatable bonds is 5. The normalized spacial score (nSPS) is 22.3. The zero-order chi connectivity index (χ0) is 14.5. The van der Waals surface area contributed by atoms with Crippen molar-refractivity contribution in [3.63, 3.8) is 0 Å². The third-order valence-corrected chi connectivity index (χ3v) is 3.20. The molecule has 1 aliphatic carbocycles. The van der Waals surface area contributed by atoms with Crippen molar-refractivity contribution in [2.45, 2.75) is 51.7 Å². The Morgan fingerprint density at radius 2 is 1.95 bits per heavy atom. The van der Waals surface area contributed by atoms with Gasteiger partial charge in [-0.25, -0.2) is 4.79 Å². The fourth-order valence-electron chi connectivity index (χ4n) is 2.03. The summed E-state index contributed by atoms with van der Waals surface area (Å²) in [6.07, 6.45) is 2.45. The Morgan fingerprint density at radius 1 is 1.32 bits per heavy atom. The lowest BCUT2D eigenvalue weighted by molar-refractivity contribution is -0.118. The molecule has 1 saturated carbocycles. The molecule has 19 heavy (non-hydrogen) atoms. The van der Waals surface area contributed by atoms with Gasteiger partial charge in [0.15, 0.2) is 0 Å². The number of carbonyl (C=O) groups is 2. The highest BCUT2D eigenvalue weighted by molar-refractivity contribution is 6.27. The van der Waals surface area contributed by atoms with Crippen molar-refractivity contribution in [1.29, 1.82) is 0 Å². The number of hydrogen-bond donors (Lipinski definition) is 2. The summed E-state index contributed by atoms with van der Waals surface area (Å²) < 4.78 is 5.18. The standard InChI is InChI=1S/C13H23ClN2O3/c1-13(2,3)19-12(18)16-10-6-9(7-10)4-5-15-11(17)8-14/h9-10H,4-8H2,1-3H3,(H,15,17)(H,16,18). The summed E-state index contributed by atoms with van der Waals surface area (Å²) in [5, 5.41) is 5.58. The quantitative estimate of drug-likeness (QED) is 0.761. The maximum Gasteiger partial charge on any atom is 0.407 e. The molecular weight excluding hydrogens is 268 g/mol. The average molecular weight is 291 g/mol. The van der Waals surface area contributed by atoms with Crippen LogP contribution >= 0.6 is 11.6 Å².